The molecule has 2 aliphatic rings. The van der Waals surface area contributed by atoms with Crippen molar-refractivity contribution in [3.63, 3.8) is 0 Å². The van der Waals surface area contributed by atoms with Gasteiger partial charge < -0.3 is 15.0 Å². The second-order valence-electron chi connectivity index (χ2n) is 8.31. The minimum absolute atomic E-state index is 0.152. The van der Waals surface area contributed by atoms with Crippen LogP contribution in [0.25, 0.3) is 0 Å². The first-order chi connectivity index (χ1) is 14.5. The largest absolute Gasteiger partial charge is 0.469 e. The van der Waals surface area contributed by atoms with Crippen molar-refractivity contribution in [2.24, 2.45) is 5.92 Å². The van der Waals surface area contributed by atoms with Crippen molar-refractivity contribution < 1.29 is 19.1 Å². The Morgan fingerprint density at radius 3 is 2.57 bits per heavy atom. The first kappa shape index (κ1) is 22.3. The van der Waals surface area contributed by atoms with Crippen molar-refractivity contribution in [3.05, 3.63) is 35.4 Å². The zero-order chi connectivity index (χ0) is 21.6. The molecule has 30 heavy (non-hydrogen) atoms. The summed E-state index contributed by atoms with van der Waals surface area (Å²) >= 11 is 0. The maximum Gasteiger partial charge on any atom is 0.307 e. The van der Waals surface area contributed by atoms with Gasteiger partial charge in [0, 0.05) is 18.7 Å². The third-order valence-corrected chi connectivity index (χ3v) is 6.58. The standard InChI is InChI=1S/C23H33N3O4/c1-3-17-8-12-23(13-9-17)25-16-20(27)26(23)15-11-18-4-6-19(7-5-18)22(29)24-14-10-21(28)30-2/h4-7,17,25H,3,8-16H2,1-2H3,(H,24,29). The maximum atomic E-state index is 12.5. The molecule has 164 valence electrons. The third kappa shape index (κ3) is 5.19. The van der Waals surface area contributed by atoms with Crippen LogP contribution in [0.15, 0.2) is 24.3 Å². The van der Waals surface area contributed by atoms with Gasteiger partial charge in [-0.05, 0) is 55.7 Å². The van der Waals surface area contributed by atoms with Crippen LogP contribution >= 0.6 is 0 Å². The molecule has 0 aromatic heterocycles. The van der Waals surface area contributed by atoms with Crippen molar-refractivity contribution in [1.82, 2.24) is 15.5 Å². The highest BCUT2D eigenvalue weighted by Crippen LogP contribution is 2.38. The van der Waals surface area contributed by atoms with E-state index in [9.17, 15) is 14.4 Å². The van der Waals surface area contributed by atoms with Gasteiger partial charge in [-0.25, -0.2) is 0 Å². The lowest BCUT2D eigenvalue weighted by atomic mass is 9.80. The minimum Gasteiger partial charge on any atom is -0.469 e. The maximum absolute atomic E-state index is 12.5. The molecule has 1 heterocycles. The monoisotopic (exact) mass is 415 g/mol. The summed E-state index contributed by atoms with van der Waals surface area (Å²) in [5, 5.41) is 6.21. The molecule has 0 radical (unpaired) electrons. The Morgan fingerprint density at radius 1 is 1.23 bits per heavy atom. The lowest BCUT2D eigenvalue weighted by Gasteiger charge is -2.43. The first-order valence-electron chi connectivity index (χ1n) is 11.0. The van der Waals surface area contributed by atoms with Crippen LogP contribution in [0.3, 0.4) is 0 Å². The zero-order valence-corrected chi connectivity index (χ0v) is 18.0. The molecule has 0 unspecified atom stereocenters. The summed E-state index contributed by atoms with van der Waals surface area (Å²) < 4.78 is 4.56. The number of ether oxygens (including phenoxy) is 1. The van der Waals surface area contributed by atoms with E-state index in [0.717, 1.165) is 30.7 Å². The van der Waals surface area contributed by atoms with Gasteiger partial charge in [-0.1, -0.05) is 25.5 Å². The molecule has 1 aliphatic carbocycles. The van der Waals surface area contributed by atoms with Crippen LogP contribution in [0.2, 0.25) is 0 Å². The van der Waals surface area contributed by atoms with Gasteiger partial charge in [-0.3, -0.25) is 19.7 Å². The first-order valence-corrected chi connectivity index (χ1v) is 11.0. The highest BCUT2D eigenvalue weighted by atomic mass is 16.5. The summed E-state index contributed by atoms with van der Waals surface area (Å²) in [7, 11) is 1.33. The van der Waals surface area contributed by atoms with Crippen LogP contribution in [0, 0.1) is 5.92 Å². The van der Waals surface area contributed by atoms with Crippen LogP contribution in [0.1, 0.15) is 61.4 Å². The number of nitrogens with zero attached hydrogens (tertiary/aromatic N) is 1. The van der Waals surface area contributed by atoms with E-state index < -0.39 is 0 Å². The smallest absolute Gasteiger partial charge is 0.307 e. The summed E-state index contributed by atoms with van der Waals surface area (Å²) in [6.45, 7) is 3.61. The lowest BCUT2D eigenvalue weighted by molar-refractivity contribution is -0.140. The van der Waals surface area contributed by atoms with Gasteiger partial charge in [0.25, 0.3) is 5.91 Å². The molecule has 2 amide bonds. The Morgan fingerprint density at radius 2 is 1.93 bits per heavy atom. The minimum atomic E-state index is -0.349. The topological polar surface area (TPSA) is 87.7 Å². The number of nitrogens with one attached hydrogen (secondary N) is 2. The van der Waals surface area contributed by atoms with Gasteiger partial charge >= 0.3 is 5.97 Å². The SMILES string of the molecule is CCC1CCC2(CC1)NCC(=O)N2CCc1ccc(C(=O)NCCC(=O)OC)cc1. The van der Waals surface area contributed by atoms with Gasteiger partial charge in [-0.2, -0.15) is 0 Å². The van der Waals surface area contributed by atoms with Gasteiger partial charge in [0.1, 0.15) is 0 Å². The Hall–Kier alpha value is -2.41. The quantitative estimate of drug-likeness (QED) is 0.636. The van der Waals surface area contributed by atoms with Gasteiger partial charge in [-0.15, -0.1) is 0 Å². The summed E-state index contributed by atoms with van der Waals surface area (Å²) in [5.74, 6) is 0.404. The van der Waals surface area contributed by atoms with E-state index in [-0.39, 0.29) is 36.4 Å². The molecule has 1 saturated carbocycles. The molecular formula is C23H33N3O4. The number of carbonyl (C=O) groups is 3. The fourth-order valence-corrected chi connectivity index (χ4v) is 4.56. The average molecular weight is 416 g/mol. The number of hydrogen-bond donors (Lipinski definition) is 2. The summed E-state index contributed by atoms with van der Waals surface area (Å²) in [5.41, 5.74) is 1.48. The van der Waals surface area contributed by atoms with Crippen molar-refractivity contribution in [2.75, 3.05) is 26.7 Å². The van der Waals surface area contributed by atoms with E-state index in [1.807, 2.05) is 17.0 Å². The molecule has 2 N–H and O–H groups in total. The molecule has 1 aromatic rings. The number of amides is 2. The van der Waals surface area contributed by atoms with Gasteiger partial charge in [0.2, 0.25) is 5.91 Å². The summed E-state index contributed by atoms with van der Waals surface area (Å²) in [6, 6.07) is 7.44. The predicted molar refractivity (Wildman–Crippen MR) is 114 cm³/mol. The Labute approximate surface area is 178 Å². The molecule has 1 spiro atoms. The van der Waals surface area contributed by atoms with Crippen LogP contribution in [0.4, 0.5) is 0 Å². The molecular weight excluding hydrogens is 382 g/mol. The van der Waals surface area contributed by atoms with E-state index >= 15 is 0 Å². The third-order valence-electron chi connectivity index (χ3n) is 6.58. The number of benzene rings is 1. The highest BCUT2D eigenvalue weighted by molar-refractivity contribution is 5.94. The van der Waals surface area contributed by atoms with Crippen molar-refractivity contribution in [2.45, 2.75) is 57.5 Å². The van der Waals surface area contributed by atoms with Crippen LogP contribution in [-0.2, 0) is 20.7 Å². The van der Waals surface area contributed by atoms with Crippen molar-refractivity contribution in [1.29, 1.82) is 0 Å². The summed E-state index contributed by atoms with van der Waals surface area (Å²) in [4.78, 5) is 37.8. The number of esters is 1. The molecule has 0 bridgehead atoms. The van der Waals surface area contributed by atoms with Crippen molar-refractivity contribution in [3.8, 4) is 0 Å². The van der Waals surface area contributed by atoms with Gasteiger partial charge in [0.15, 0.2) is 0 Å². The van der Waals surface area contributed by atoms with E-state index in [1.54, 1.807) is 12.1 Å². The number of hydrogen-bond acceptors (Lipinski definition) is 5. The summed E-state index contributed by atoms with van der Waals surface area (Å²) in [6.07, 6.45) is 6.53. The second-order valence-corrected chi connectivity index (χ2v) is 8.31. The molecule has 3 rings (SSSR count). The Kier molecular flexibility index (Phi) is 7.48. The number of methoxy groups -OCH3 is 1. The number of carbonyl (C=O) groups excluding carboxylic acids is 3. The molecule has 1 saturated heterocycles. The Bertz CT molecular complexity index is 754. The molecule has 0 atom stereocenters. The molecule has 7 nitrogen and oxygen atoms in total. The average Bonchev–Trinajstić information content (AvgIpc) is 3.07. The fourth-order valence-electron chi connectivity index (χ4n) is 4.56. The van der Waals surface area contributed by atoms with Crippen LogP contribution in [-0.4, -0.2) is 55.1 Å². The zero-order valence-electron chi connectivity index (χ0n) is 18.0. The molecule has 2 fully saturated rings. The fraction of sp³-hybridized carbons (Fsp3) is 0.609. The van der Waals surface area contributed by atoms with E-state index in [0.29, 0.717) is 18.7 Å². The van der Waals surface area contributed by atoms with E-state index in [1.165, 1.54) is 26.4 Å². The molecule has 1 aromatic carbocycles. The van der Waals surface area contributed by atoms with E-state index in [4.69, 9.17) is 0 Å². The normalized spacial score (nSPS) is 23.6. The van der Waals surface area contributed by atoms with Crippen LogP contribution in [0.5, 0.6) is 0 Å². The van der Waals surface area contributed by atoms with Crippen LogP contribution < -0.4 is 10.6 Å². The molecule has 7 heteroatoms. The lowest BCUT2D eigenvalue weighted by Crippen LogP contribution is -2.54. The second kappa shape index (κ2) is 10.1. The molecule has 1 aliphatic heterocycles. The predicted octanol–water partition coefficient (Wildman–Crippen LogP) is 2.25. The van der Waals surface area contributed by atoms with Crippen molar-refractivity contribution >= 4 is 17.8 Å². The van der Waals surface area contributed by atoms with E-state index in [2.05, 4.69) is 22.3 Å². The Balaban J connectivity index is 1.52. The highest BCUT2D eigenvalue weighted by Gasteiger charge is 2.46. The van der Waals surface area contributed by atoms with Gasteiger partial charge in [0.05, 0.1) is 25.7 Å². The number of rotatable bonds is 8.